The zero-order chi connectivity index (χ0) is 13.1. The lowest BCUT2D eigenvalue weighted by Crippen LogP contribution is -2.23. The number of halogens is 1. The summed E-state index contributed by atoms with van der Waals surface area (Å²) in [6.07, 6.45) is 5.72. The van der Waals surface area contributed by atoms with Gasteiger partial charge in [0.1, 0.15) is 0 Å². The number of hydrogen-bond acceptors (Lipinski definition) is 3. The Morgan fingerprint density at radius 3 is 2.94 bits per heavy atom. The summed E-state index contributed by atoms with van der Waals surface area (Å²) in [5.74, 6) is 1.20. The molecule has 1 aromatic heterocycles. The van der Waals surface area contributed by atoms with Crippen molar-refractivity contribution in [2.75, 3.05) is 27.2 Å². The van der Waals surface area contributed by atoms with Crippen molar-refractivity contribution in [3.05, 3.63) is 16.4 Å². The van der Waals surface area contributed by atoms with Crippen LogP contribution in [0.3, 0.4) is 0 Å². The first-order valence-electron chi connectivity index (χ1n) is 6.69. The molecule has 0 saturated heterocycles. The molecule has 1 fully saturated rings. The van der Waals surface area contributed by atoms with Gasteiger partial charge in [-0.2, -0.15) is 5.10 Å². The van der Waals surface area contributed by atoms with Gasteiger partial charge in [-0.25, -0.2) is 0 Å². The van der Waals surface area contributed by atoms with Crippen molar-refractivity contribution in [2.45, 2.75) is 31.7 Å². The number of hydrogen-bond donors (Lipinski definition) is 1. The van der Waals surface area contributed by atoms with Gasteiger partial charge in [0.15, 0.2) is 0 Å². The molecule has 0 amide bonds. The summed E-state index contributed by atoms with van der Waals surface area (Å²) >= 11 is 3.65. The van der Waals surface area contributed by atoms with E-state index >= 15 is 0 Å². The zero-order valence-corrected chi connectivity index (χ0v) is 12.9. The van der Waals surface area contributed by atoms with E-state index in [0.29, 0.717) is 11.8 Å². The predicted molar refractivity (Wildman–Crippen MR) is 77.6 cm³/mol. The summed E-state index contributed by atoms with van der Waals surface area (Å²) < 4.78 is 3.30. The highest BCUT2D eigenvalue weighted by molar-refractivity contribution is 9.10. The van der Waals surface area contributed by atoms with Crippen molar-refractivity contribution in [3.63, 3.8) is 0 Å². The van der Waals surface area contributed by atoms with Crippen molar-refractivity contribution < 1.29 is 0 Å². The maximum absolute atomic E-state index is 5.90. The number of aromatic nitrogens is 2. The van der Waals surface area contributed by atoms with Crippen LogP contribution in [0.1, 0.15) is 30.9 Å². The fraction of sp³-hybridized carbons (Fsp3) is 0.769. The van der Waals surface area contributed by atoms with Crippen LogP contribution in [-0.4, -0.2) is 41.9 Å². The summed E-state index contributed by atoms with van der Waals surface area (Å²) in [6, 6.07) is 0. The van der Waals surface area contributed by atoms with E-state index in [4.69, 9.17) is 5.73 Å². The van der Waals surface area contributed by atoms with Crippen LogP contribution < -0.4 is 5.73 Å². The van der Waals surface area contributed by atoms with Gasteiger partial charge in [-0.1, -0.05) is 6.42 Å². The van der Waals surface area contributed by atoms with Crippen molar-refractivity contribution in [1.29, 1.82) is 0 Å². The molecule has 1 aliphatic rings. The molecule has 102 valence electrons. The third kappa shape index (κ3) is 2.95. The van der Waals surface area contributed by atoms with E-state index in [1.165, 1.54) is 25.0 Å². The molecular formula is C13H23BrN4. The maximum Gasteiger partial charge on any atom is 0.0635 e. The molecule has 1 heterocycles. The average molecular weight is 315 g/mol. The molecule has 0 bridgehead atoms. The van der Waals surface area contributed by atoms with E-state index in [2.05, 4.69) is 44.7 Å². The lowest BCUT2D eigenvalue weighted by Gasteiger charge is -2.21. The highest BCUT2D eigenvalue weighted by atomic mass is 79.9. The van der Waals surface area contributed by atoms with Crippen LogP contribution >= 0.6 is 15.9 Å². The molecule has 0 spiro atoms. The molecular weight excluding hydrogens is 292 g/mol. The highest BCUT2D eigenvalue weighted by Gasteiger charge is 2.31. The third-order valence-electron chi connectivity index (χ3n) is 3.91. The van der Waals surface area contributed by atoms with Crippen LogP contribution in [0.25, 0.3) is 0 Å². The van der Waals surface area contributed by atoms with E-state index in [1.54, 1.807) is 0 Å². The Hall–Kier alpha value is -0.390. The quantitative estimate of drug-likeness (QED) is 0.905. The van der Waals surface area contributed by atoms with Gasteiger partial charge in [0.2, 0.25) is 0 Å². The SMILES string of the molecule is CN(C)CCn1ncc(Br)c1C1CCCC1CN. The van der Waals surface area contributed by atoms with Gasteiger partial charge in [-0.05, 0) is 55.3 Å². The molecule has 0 radical (unpaired) electrons. The first-order valence-corrected chi connectivity index (χ1v) is 7.48. The minimum atomic E-state index is 0.578. The van der Waals surface area contributed by atoms with Gasteiger partial charge in [0.25, 0.3) is 0 Å². The first kappa shape index (κ1) is 14.0. The lowest BCUT2D eigenvalue weighted by molar-refractivity contribution is 0.360. The van der Waals surface area contributed by atoms with Crippen LogP contribution in [0.2, 0.25) is 0 Å². The van der Waals surface area contributed by atoms with Crippen LogP contribution in [-0.2, 0) is 6.54 Å². The molecule has 4 nitrogen and oxygen atoms in total. The van der Waals surface area contributed by atoms with Gasteiger partial charge in [-0.15, -0.1) is 0 Å². The second-order valence-electron chi connectivity index (χ2n) is 5.44. The van der Waals surface area contributed by atoms with E-state index in [1.807, 2.05) is 6.20 Å². The fourth-order valence-corrected chi connectivity index (χ4v) is 3.48. The molecule has 2 rings (SSSR count). The number of nitrogens with two attached hydrogens (primary N) is 1. The van der Waals surface area contributed by atoms with Gasteiger partial charge in [0, 0.05) is 12.5 Å². The second kappa shape index (κ2) is 6.17. The van der Waals surface area contributed by atoms with E-state index in [-0.39, 0.29) is 0 Å². The Labute approximate surface area is 118 Å². The Bertz CT molecular complexity index is 388. The minimum Gasteiger partial charge on any atom is -0.330 e. The number of likely N-dealkylation sites (N-methyl/N-ethyl adjacent to an activating group) is 1. The first-order chi connectivity index (χ1) is 8.63. The molecule has 0 aliphatic heterocycles. The number of rotatable bonds is 5. The monoisotopic (exact) mass is 314 g/mol. The van der Waals surface area contributed by atoms with Gasteiger partial charge < -0.3 is 10.6 Å². The molecule has 2 N–H and O–H groups in total. The summed E-state index contributed by atoms with van der Waals surface area (Å²) in [4.78, 5) is 2.19. The summed E-state index contributed by atoms with van der Waals surface area (Å²) in [5.41, 5.74) is 7.25. The summed E-state index contributed by atoms with van der Waals surface area (Å²) in [6.45, 7) is 2.75. The van der Waals surface area contributed by atoms with E-state index in [0.717, 1.165) is 24.1 Å². The Kier molecular flexibility index (Phi) is 4.81. The molecule has 1 saturated carbocycles. The summed E-state index contributed by atoms with van der Waals surface area (Å²) in [5, 5.41) is 4.50. The topological polar surface area (TPSA) is 47.1 Å². The highest BCUT2D eigenvalue weighted by Crippen LogP contribution is 2.41. The molecule has 2 atom stereocenters. The lowest BCUT2D eigenvalue weighted by atomic mass is 9.93. The molecule has 1 aliphatic carbocycles. The third-order valence-corrected chi connectivity index (χ3v) is 4.52. The molecule has 5 heteroatoms. The van der Waals surface area contributed by atoms with E-state index in [9.17, 15) is 0 Å². The largest absolute Gasteiger partial charge is 0.330 e. The van der Waals surface area contributed by atoms with Crippen LogP contribution in [0.15, 0.2) is 10.7 Å². The minimum absolute atomic E-state index is 0.578. The smallest absolute Gasteiger partial charge is 0.0635 e. The van der Waals surface area contributed by atoms with Crippen LogP contribution in [0.4, 0.5) is 0 Å². The van der Waals surface area contributed by atoms with Crippen molar-refractivity contribution in [3.8, 4) is 0 Å². The Morgan fingerprint density at radius 1 is 1.50 bits per heavy atom. The molecule has 2 unspecified atom stereocenters. The standard InChI is InChI=1S/C13H23BrN4/c1-17(2)6-7-18-13(12(14)9-16-18)11-5-3-4-10(11)8-15/h9-11H,3-8,15H2,1-2H3. The van der Waals surface area contributed by atoms with Crippen LogP contribution in [0.5, 0.6) is 0 Å². The zero-order valence-electron chi connectivity index (χ0n) is 11.3. The van der Waals surface area contributed by atoms with Gasteiger partial charge in [0.05, 0.1) is 22.9 Å². The van der Waals surface area contributed by atoms with Gasteiger partial charge in [-0.3, -0.25) is 4.68 Å². The van der Waals surface area contributed by atoms with Crippen molar-refractivity contribution in [2.24, 2.45) is 11.7 Å². The number of nitrogens with zero attached hydrogens (tertiary/aromatic N) is 3. The van der Waals surface area contributed by atoms with Crippen molar-refractivity contribution >= 4 is 15.9 Å². The Balaban J connectivity index is 2.17. The second-order valence-corrected chi connectivity index (χ2v) is 6.29. The normalized spacial score (nSPS) is 24.1. The molecule has 1 aromatic rings. The molecule has 18 heavy (non-hydrogen) atoms. The predicted octanol–water partition coefficient (Wildman–Crippen LogP) is 2.05. The molecule has 0 aromatic carbocycles. The Morgan fingerprint density at radius 2 is 2.28 bits per heavy atom. The van der Waals surface area contributed by atoms with E-state index < -0.39 is 0 Å². The van der Waals surface area contributed by atoms with Crippen molar-refractivity contribution in [1.82, 2.24) is 14.7 Å². The fourth-order valence-electron chi connectivity index (χ4n) is 2.89. The summed E-state index contributed by atoms with van der Waals surface area (Å²) in [7, 11) is 4.19. The van der Waals surface area contributed by atoms with Gasteiger partial charge >= 0.3 is 0 Å². The maximum atomic E-state index is 5.90. The van der Waals surface area contributed by atoms with Crippen LogP contribution in [0, 0.1) is 5.92 Å². The average Bonchev–Trinajstić information content (AvgIpc) is 2.92.